The fourth-order valence-electron chi connectivity index (χ4n) is 0.600. The van der Waals surface area contributed by atoms with Crippen LogP contribution in [-0.4, -0.2) is 21.9 Å². The van der Waals surface area contributed by atoms with Gasteiger partial charge in [-0.2, -0.15) is 0 Å². The SMILES string of the molecule is CCCOC(=O)Sc1ncc[nH]1. The van der Waals surface area contributed by atoms with Gasteiger partial charge < -0.3 is 9.72 Å². The van der Waals surface area contributed by atoms with E-state index in [0.29, 0.717) is 11.8 Å². The molecule has 0 bridgehead atoms. The zero-order valence-electron chi connectivity index (χ0n) is 6.74. The molecule has 12 heavy (non-hydrogen) atoms. The summed E-state index contributed by atoms with van der Waals surface area (Å²) >= 11 is 0.962. The van der Waals surface area contributed by atoms with E-state index in [2.05, 4.69) is 9.97 Å². The van der Waals surface area contributed by atoms with E-state index in [4.69, 9.17) is 4.74 Å². The molecule has 0 aliphatic heterocycles. The first-order valence-corrected chi connectivity index (χ1v) is 4.48. The summed E-state index contributed by atoms with van der Waals surface area (Å²) in [6.07, 6.45) is 4.09. The average molecular weight is 186 g/mol. The van der Waals surface area contributed by atoms with Crippen LogP contribution in [0.15, 0.2) is 17.6 Å². The maximum atomic E-state index is 11.0. The summed E-state index contributed by atoms with van der Waals surface area (Å²) in [4.78, 5) is 17.6. The fraction of sp³-hybridized carbons (Fsp3) is 0.429. The van der Waals surface area contributed by atoms with Gasteiger partial charge in [-0.25, -0.2) is 9.78 Å². The number of hydrogen-bond donors (Lipinski definition) is 1. The van der Waals surface area contributed by atoms with Crippen molar-refractivity contribution in [3.05, 3.63) is 12.4 Å². The molecule has 0 aromatic carbocycles. The topological polar surface area (TPSA) is 55.0 Å². The van der Waals surface area contributed by atoms with Crippen LogP contribution in [0.25, 0.3) is 0 Å². The quantitative estimate of drug-likeness (QED) is 0.579. The van der Waals surface area contributed by atoms with Gasteiger partial charge in [-0.15, -0.1) is 0 Å². The van der Waals surface area contributed by atoms with Gasteiger partial charge in [-0.1, -0.05) is 6.92 Å². The highest BCUT2D eigenvalue weighted by Gasteiger charge is 2.06. The van der Waals surface area contributed by atoms with Crippen molar-refractivity contribution >= 4 is 17.1 Å². The number of carbonyl (C=O) groups excluding carboxylic acids is 1. The summed E-state index contributed by atoms with van der Waals surface area (Å²) in [5, 5.41) is 0.253. The van der Waals surface area contributed by atoms with Crippen molar-refractivity contribution in [1.29, 1.82) is 0 Å². The Balaban J connectivity index is 2.27. The Bertz CT molecular complexity index is 236. The van der Waals surface area contributed by atoms with Gasteiger partial charge in [-0.05, 0) is 6.42 Å². The molecule has 1 heterocycles. The summed E-state index contributed by atoms with van der Waals surface area (Å²) < 4.78 is 4.83. The number of ether oxygens (including phenoxy) is 1. The van der Waals surface area contributed by atoms with Crippen LogP contribution in [0.5, 0.6) is 0 Å². The molecule has 0 saturated heterocycles. The van der Waals surface area contributed by atoms with Gasteiger partial charge in [0.15, 0.2) is 5.16 Å². The maximum absolute atomic E-state index is 11.0. The standard InChI is InChI=1S/C7H10N2O2S/c1-2-5-11-7(10)12-6-8-3-4-9-6/h3-4H,2,5H2,1H3,(H,8,9). The normalized spacial score (nSPS) is 9.75. The molecule has 1 N–H and O–H groups in total. The van der Waals surface area contributed by atoms with Crippen molar-refractivity contribution in [1.82, 2.24) is 9.97 Å². The molecule has 1 rings (SSSR count). The molecule has 4 nitrogen and oxygen atoms in total. The highest BCUT2D eigenvalue weighted by atomic mass is 32.2. The van der Waals surface area contributed by atoms with E-state index in [1.54, 1.807) is 12.4 Å². The van der Waals surface area contributed by atoms with Crippen LogP contribution in [0.2, 0.25) is 0 Å². The number of aromatic amines is 1. The second-order valence-corrected chi connectivity index (χ2v) is 3.02. The van der Waals surface area contributed by atoms with Crippen LogP contribution in [0.1, 0.15) is 13.3 Å². The molecule has 5 heteroatoms. The zero-order chi connectivity index (χ0) is 8.81. The highest BCUT2D eigenvalue weighted by molar-refractivity contribution is 8.13. The van der Waals surface area contributed by atoms with Gasteiger partial charge in [0.1, 0.15) is 0 Å². The summed E-state index contributed by atoms with van der Waals surface area (Å²) in [6, 6.07) is 0. The highest BCUT2D eigenvalue weighted by Crippen LogP contribution is 2.14. The van der Waals surface area contributed by atoms with Crippen molar-refractivity contribution in [3.63, 3.8) is 0 Å². The average Bonchev–Trinajstić information content (AvgIpc) is 2.53. The van der Waals surface area contributed by atoms with Crippen LogP contribution < -0.4 is 0 Å². The van der Waals surface area contributed by atoms with Gasteiger partial charge in [0.25, 0.3) is 0 Å². The van der Waals surface area contributed by atoms with E-state index < -0.39 is 0 Å². The molecule has 0 atom stereocenters. The number of aromatic nitrogens is 2. The number of rotatable bonds is 3. The van der Waals surface area contributed by atoms with E-state index >= 15 is 0 Å². The third-order valence-corrected chi connectivity index (χ3v) is 1.78. The number of nitrogens with zero attached hydrogens (tertiary/aromatic N) is 1. The number of imidazole rings is 1. The van der Waals surface area contributed by atoms with Gasteiger partial charge in [0.2, 0.25) is 0 Å². The molecule has 1 aromatic heterocycles. The molecule has 0 fully saturated rings. The molecule has 0 aliphatic rings. The molecular weight excluding hydrogens is 176 g/mol. The monoisotopic (exact) mass is 186 g/mol. The molecule has 0 amide bonds. The first kappa shape index (κ1) is 9.12. The Morgan fingerprint density at radius 2 is 2.67 bits per heavy atom. The molecule has 0 radical (unpaired) electrons. The Labute approximate surface area is 74.7 Å². The zero-order valence-corrected chi connectivity index (χ0v) is 7.56. The number of nitrogens with one attached hydrogen (secondary N) is 1. The van der Waals surface area contributed by atoms with Crippen LogP contribution in [0.3, 0.4) is 0 Å². The summed E-state index contributed by atoms with van der Waals surface area (Å²) in [5.41, 5.74) is 0. The van der Waals surface area contributed by atoms with Crippen molar-refractivity contribution in [3.8, 4) is 0 Å². The minimum absolute atomic E-state index is 0.313. The number of carbonyl (C=O) groups is 1. The van der Waals surface area contributed by atoms with E-state index in [1.165, 1.54) is 0 Å². The molecule has 0 saturated carbocycles. The van der Waals surface area contributed by atoms with Crippen LogP contribution in [0, 0.1) is 0 Å². The lowest BCUT2D eigenvalue weighted by atomic mass is 10.5. The smallest absolute Gasteiger partial charge is 0.375 e. The summed E-state index contributed by atoms with van der Waals surface area (Å²) in [6.45, 7) is 2.41. The molecular formula is C7H10N2O2S. The first-order valence-electron chi connectivity index (χ1n) is 3.67. The lowest BCUT2D eigenvalue weighted by Gasteiger charge is -1.98. The third-order valence-electron chi connectivity index (χ3n) is 1.08. The third kappa shape index (κ3) is 2.96. The van der Waals surface area contributed by atoms with Crippen LogP contribution in [0.4, 0.5) is 4.79 Å². The van der Waals surface area contributed by atoms with Gasteiger partial charge in [-0.3, -0.25) is 0 Å². The van der Waals surface area contributed by atoms with Crippen molar-refractivity contribution in [2.75, 3.05) is 6.61 Å². The Morgan fingerprint density at radius 1 is 1.83 bits per heavy atom. The van der Waals surface area contributed by atoms with Gasteiger partial charge in [0.05, 0.1) is 6.61 Å². The van der Waals surface area contributed by atoms with E-state index in [-0.39, 0.29) is 5.30 Å². The van der Waals surface area contributed by atoms with E-state index in [0.717, 1.165) is 18.2 Å². The predicted octanol–water partition coefficient (Wildman–Crippen LogP) is 2.05. The van der Waals surface area contributed by atoms with Crippen molar-refractivity contribution in [2.45, 2.75) is 18.5 Å². The number of thioether (sulfide) groups is 1. The molecule has 1 aromatic rings. The van der Waals surface area contributed by atoms with Gasteiger partial charge in [0, 0.05) is 24.2 Å². The molecule has 0 aliphatic carbocycles. The van der Waals surface area contributed by atoms with E-state index in [1.807, 2.05) is 6.92 Å². The summed E-state index contributed by atoms with van der Waals surface area (Å²) in [7, 11) is 0. The predicted molar refractivity (Wildman–Crippen MR) is 46.1 cm³/mol. The number of H-pyrrole nitrogens is 1. The molecule has 0 unspecified atom stereocenters. The van der Waals surface area contributed by atoms with Crippen LogP contribution in [-0.2, 0) is 4.74 Å². The van der Waals surface area contributed by atoms with Crippen molar-refractivity contribution < 1.29 is 9.53 Å². The Hall–Kier alpha value is -0.970. The fourth-order valence-corrected chi connectivity index (χ4v) is 1.14. The minimum atomic E-state index is -0.313. The number of hydrogen-bond acceptors (Lipinski definition) is 4. The largest absolute Gasteiger partial charge is 0.457 e. The molecule has 0 spiro atoms. The van der Waals surface area contributed by atoms with Crippen molar-refractivity contribution in [2.24, 2.45) is 0 Å². The first-order chi connectivity index (χ1) is 5.83. The summed E-state index contributed by atoms with van der Waals surface area (Å²) in [5.74, 6) is 0. The Morgan fingerprint density at radius 3 is 3.25 bits per heavy atom. The second-order valence-electron chi connectivity index (χ2n) is 2.09. The maximum Gasteiger partial charge on any atom is 0.375 e. The van der Waals surface area contributed by atoms with Gasteiger partial charge >= 0.3 is 5.30 Å². The lowest BCUT2D eigenvalue weighted by Crippen LogP contribution is -1.98. The van der Waals surface area contributed by atoms with E-state index in [9.17, 15) is 4.79 Å². The molecule has 66 valence electrons. The second kappa shape index (κ2) is 4.82. The van der Waals surface area contributed by atoms with Crippen LogP contribution >= 0.6 is 11.8 Å². The lowest BCUT2D eigenvalue weighted by molar-refractivity contribution is 0.175. The minimum Gasteiger partial charge on any atom is -0.457 e. The Kier molecular flexibility index (Phi) is 3.66.